The number of carbonyl (C=O) groups is 1. The summed E-state index contributed by atoms with van der Waals surface area (Å²) in [6, 6.07) is 11.2. The van der Waals surface area contributed by atoms with Gasteiger partial charge in [-0.05, 0) is 43.7 Å². The number of hydrogen-bond donors (Lipinski definition) is 1. The average molecular weight is 388 g/mol. The molecule has 26 heavy (non-hydrogen) atoms. The molecule has 0 aliphatic rings. The molecule has 0 saturated carbocycles. The summed E-state index contributed by atoms with van der Waals surface area (Å²) in [6.07, 6.45) is 3.32. The number of thioether (sulfide) groups is 1. The largest absolute Gasteiger partial charge is 0.347 e. The molecule has 0 aliphatic heterocycles. The van der Waals surface area contributed by atoms with E-state index in [0.717, 1.165) is 16.9 Å². The summed E-state index contributed by atoms with van der Waals surface area (Å²) in [4.78, 5) is 16.5. The second-order valence-electron chi connectivity index (χ2n) is 5.75. The van der Waals surface area contributed by atoms with E-state index in [4.69, 9.17) is 11.6 Å². The highest BCUT2D eigenvalue weighted by Crippen LogP contribution is 2.23. The summed E-state index contributed by atoms with van der Waals surface area (Å²) in [7, 11) is 0. The van der Waals surface area contributed by atoms with E-state index in [1.54, 1.807) is 12.5 Å². The molecular formula is C18H18ClN5OS. The molecule has 0 saturated heterocycles. The van der Waals surface area contributed by atoms with E-state index < -0.39 is 0 Å². The molecule has 1 amide bonds. The molecule has 1 aromatic carbocycles. The molecule has 134 valence electrons. The molecule has 0 spiro atoms. The van der Waals surface area contributed by atoms with Gasteiger partial charge in [0, 0.05) is 11.2 Å². The molecule has 1 unspecified atom stereocenters. The van der Waals surface area contributed by atoms with E-state index in [-0.39, 0.29) is 17.7 Å². The second-order valence-corrected chi connectivity index (χ2v) is 7.10. The Kier molecular flexibility index (Phi) is 5.90. The van der Waals surface area contributed by atoms with Crippen LogP contribution in [-0.4, -0.2) is 31.4 Å². The van der Waals surface area contributed by atoms with Crippen LogP contribution in [0.15, 0.2) is 54.1 Å². The third kappa shape index (κ3) is 4.42. The van der Waals surface area contributed by atoms with Crippen molar-refractivity contribution in [3.8, 4) is 5.69 Å². The summed E-state index contributed by atoms with van der Waals surface area (Å²) >= 11 is 7.51. The van der Waals surface area contributed by atoms with Crippen LogP contribution in [0.2, 0.25) is 5.02 Å². The first kappa shape index (κ1) is 18.4. The SMILES string of the molecule is Cc1ccc(-n2cnnc2SCC(=O)NC(C)c2ccccn2)cc1Cl. The van der Waals surface area contributed by atoms with Gasteiger partial charge in [-0.15, -0.1) is 10.2 Å². The maximum Gasteiger partial charge on any atom is 0.231 e. The topological polar surface area (TPSA) is 72.7 Å². The summed E-state index contributed by atoms with van der Waals surface area (Å²) in [5, 5.41) is 12.3. The number of halogens is 1. The van der Waals surface area contributed by atoms with Gasteiger partial charge in [-0.25, -0.2) is 0 Å². The minimum Gasteiger partial charge on any atom is -0.347 e. The Balaban J connectivity index is 1.63. The van der Waals surface area contributed by atoms with Crippen molar-refractivity contribution in [2.75, 3.05) is 5.75 Å². The normalized spacial score (nSPS) is 12.0. The Labute approximate surface area is 161 Å². The highest BCUT2D eigenvalue weighted by atomic mass is 35.5. The van der Waals surface area contributed by atoms with Gasteiger partial charge >= 0.3 is 0 Å². The third-order valence-electron chi connectivity index (χ3n) is 3.79. The van der Waals surface area contributed by atoms with Gasteiger partial charge < -0.3 is 5.32 Å². The first-order chi connectivity index (χ1) is 12.5. The molecular weight excluding hydrogens is 370 g/mol. The number of nitrogens with zero attached hydrogens (tertiary/aromatic N) is 4. The summed E-state index contributed by atoms with van der Waals surface area (Å²) in [6.45, 7) is 3.85. The molecule has 1 N–H and O–H groups in total. The molecule has 0 bridgehead atoms. The lowest BCUT2D eigenvalue weighted by atomic mass is 10.2. The van der Waals surface area contributed by atoms with Crippen molar-refractivity contribution in [3.63, 3.8) is 0 Å². The summed E-state index contributed by atoms with van der Waals surface area (Å²) < 4.78 is 1.81. The van der Waals surface area contributed by atoms with Crippen molar-refractivity contribution in [3.05, 3.63) is 65.2 Å². The molecule has 0 aliphatic carbocycles. The zero-order chi connectivity index (χ0) is 18.5. The highest BCUT2D eigenvalue weighted by molar-refractivity contribution is 7.99. The van der Waals surface area contributed by atoms with Crippen LogP contribution in [0.4, 0.5) is 0 Å². The van der Waals surface area contributed by atoms with Gasteiger partial charge in [-0.2, -0.15) is 0 Å². The predicted octanol–water partition coefficient (Wildman–Crippen LogP) is 3.59. The maximum absolute atomic E-state index is 12.2. The number of hydrogen-bond acceptors (Lipinski definition) is 5. The molecule has 0 radical (unpaired) electrons. The van der Waals surface area contributed by atoms with Crippen molar-refractivity contribution in [1.29, 1.82) is 0 Å². The Morgan fingerprint density at radius 3 is 2.92 bits per heavy atom. The zero-order valence-electron chi connectivity index (χ0n) is 14.4. The van der Waals surface area contributed by atoms with E-state index in [1.807, 2.05) is 54.8 Å². The van der Waals surface area contributed by atoms with Gasteiger partial charge in [-0.3, -0.25) is 14.3 Å². The van der Waals surface area contributed by atoms with Crippen LogP contribution in [0.1, 0.15) is 24.2 Å². The number of carbonyl (C=O) groups excluding carboxylic acids is 1. The number of benzene rings is 1. The monoisotopic (exact) mass is 387 g/mol. The Morgan fingerprint density at radius 1 is 1.35 bits per heavy atom. The Bertz CT molecular complexity index is 900. The predicted molar refractivity (Wildman–Crippen MR) is 103 cm³/mol. The van der Waals surface area contributed by atoms with Crippen molar-refractivity contribution in [2.45, 2.75) is 25.0 Å². The van der Waals surface area contributed by atoms with Crippen LogP contribution >= 0.6 is 23.4 Å². The van der Waals surface area contributed by atoms with Gasteiger partial charge in [-0.1, -0.05) is 35.5 Å². The molecule has 0 fully saturated rings. The number of aromatic nitrogens is 4. The van der Waals surface area contributed by atoms with E-state index in [2.05, 4.69) is 20.5 Å². The minimum atomic E-state index is -0.155. The zero-order valence-corrected chi connectivity index (χ0v) is 16.0. The molecule has 6 nitrogen and oxygen atoms in total. The minimum absolute atomic E-state index is 0.0929. The number of pyridine rings is 1. The fourth-order valence-corrected chi connectivity index (χ4v) is 3.27. The number of nitrogens with one attached hydrogen (secondary N) is 1. The van der Waals surface area contributed by atoms with Gasteiger partial charge in [0.1, 0.15) is 6.33 Å². The standard InChI is InChI=1S/C18H18ClN5OS/c1-12-6-7-14(9-15(12)19)24-11-21-23-18(24)26-10-17(25)22-13(2)16-5-3-4-8-20-16/h3-9,11,13H,10H2,1-2H3,(H,22,25). The molecule has 1 atom stereocenters. The lowest BCUT2D eigenvalue weighted by Crippen LogP contribution is -2.28. The first-order valence-electron chi connectivity index (χ1n) is 8.04. The van der Waals surface area contributed by atoms with Crippen molar-refractivity contribution >= 4 is 29.3 Å². The second kappa shape index (κ2) is 8.33. The van der Waals surface area contributed by atoms with Crippen LogP contribution in [-0.2, 0) is 4.79 Å². The van der Waals surface area contributed by atoms with Crippen molar-refractivity contribution in [2.24, 2.45) is 0 Å². The quantitative estimate of drug-likeness (QED) is 0.654. The fourth-order valence-electron chi connectivity index (χ4n) is 2.35. The first-order valence-corrected chi connectivity index (χ1v) is 9.40. The van der Waals surface area contributed by atoms with E-state index in [0.29, 0.717) is 10.2 Å². The number of aryl methyl sites for hydroxylation is 1. The fraction of sp³-hybridized carbons (Fsp3) is 0.222. The van der Waals surface area contributed by atoms with Crippen LogP contribution in [0.25, 0.3) is 5.69 Å². The molecule has 3 rings (SSSR count). The van der Waals surface area contributed by atoms with Gasteiger partial charge in [0.05, 0.1) is 23.2 Å². The van der Waals surface area contributed by atoms with E-state index in [1.165, 1.54) is 11.8 Å². The van der Waals surface area contributed by atoms with Crippen molar-refractivity contribution in [1.82, 2.24) is 25.1 Å². The third-order valence-corrected chi connectivity index (χ3v) is 5.14. The van der Waals surface area contributed by atoms with Crippen LogP contribution in [0.5, 0.6) is 0 Å². The summed E-state index contributed by atoms with van der Waals surface area (Å²) in [5.41, 5.74) is 2.68. The highest BCUT2D eigenvalue weighted by Gasteiger charge is 2.14. The Hall–Kier alpha value is -2.38. The van der Waals surface area contributed by atoms with Gasteiger partial charge in [0.2, 0.25) is 5.91 Å². The van der Waals surface area contributed by atoms with Gasteiger partial charge in [0.15, 0.2) is 5.16 Å². The van der Waals surface area contributed by atoms with E-state index >= 15 is 0 Å². The smallest absolute Gasteiger partial charge is 0.231 e. The van der Waals surface area contributed by atoms with Crippen LogP contribution in [0.3, 0.4) is 0 Å². The lowest BCUT2D eigenvalue weighted by Gasteiger charge is -2.13. The van der Waals surface area contributed by atoms with Crippen molar-refractivity contribution < 1.29 is 4.79 Å². The molecule has 3 aromatic rings. The molecule has 2 heterocycles. The lowest BCUT2D eigenvalue weighted by molar-refractivity contribution is -0.119. The average Bonchev–Trinajstić information content (AvgIpc) is 3.11. The number of amides is 1. The summed E-state index contributed by atoms with van der Waals surface area (Å²) in [5.74, 6) is 0.139. The maximum atomic E-state index is 12.2. The van der Waals surface area contributed by atoms with Crippen LogP contribution < -0.4 is 5.32 Å². The number of rotatable bonds is 6. The van der Waals surface area contributed by atoms with E-state index in [9.17, 15) is 4.79 Å². The molecule has 2 aromatic heterocycles. The van der Waals surface area contributed by atoms with Gasteiger partial charge in [0.25, 0.3) is 0 Å². The molecule has 8 heteroatoms. The Morgan fingerprint density at radius 2 is 2.19 bits per heavy atom. The van der Waals surface area contributed by atoms with Crippen LogP contribution in [0, 0.1) is 6.92 Å².